The molecule has 0 radical (unpaired) electrons. The highest BCUT2D eigenvalue weighted by atomic mass is 79.9. The molecule has 3 fully saturated rings. The first-order chi connectivity index (χ1) is 15.3. The zero-order valence-corrected chi connectivity index (χ0v) is 19.0. The second kappa shape index (κ2) is 7.59. The molecule has 6 nitrogen and oxygen atoms in total. The molecular weight excluding hydrogens is 472 g/mol. The topological polar surface area (TPSA) is 99.5 Å². The van der Waals surface area contributed by atoms with Gasteiger partial charge in [0.1, 0.15) is 5.69 Å². The molecule has 0 atom stereocenters. The van der Waals surface area contributed by atoms with Crippen LogP contribution in [0.1, 0.15) is 48.9 Å². The summed E-state index contributed by atoms with van der Waals surface area (Å²) < 4.78 is 0.785. The molecule has 164 valence electrons. The van der Waals surface area contributed by atoms with Crippen LogP contribution in [0.25, 0.3) is 22.2 Å². The molecule has 6 rings (SSSR count). The van der Waals surface area contributed by atoms with E-state index in [1.807, 2.05) is 42.5 Å². The fraction of sp³-hybridized carbons (Fsp3) is 0.320. The van der Waals surface area contributed by atoms with E-state index in [4.69, 9.17) is 0 Å². The molecule has 3 aliphatic carbocycles. The molecule has 3 aliphatic rings. The summed E-state index contributed by atoms with van der Waals surface area (Å²) in [6.45, 7) is 0. The number of amides is 1. The number of fused-ring (bicyclic) bond motifs is 4. The Morgan fingerprint density at radius 1 is 0.969 bits per heavy atom. The van der Waals surface area contributed by atoms with Crippen molar-refractivity contribution >= 4 is 38.7 Å². The van der Waals surface area contributed by atoms with E-state index < -0.39 is 16.9 Å². The summed E-state index contributed by atoms with van der Waals surface area (Å²) in [5, 5.41) is 24.6. The van der Waals surface area contributed by atoms with Crippen molar-refractivity contribution in [1.29, 1.82) is 0 Å². The highest BCUT2D eigenvalue weighted by Crippen LogP contribution is 2.52. The number of aliphatic carboxylic acids is 1. The predicted octanol–water partition coefficient (Wildman–Crippen LogP) is 5.28. The van der Waals surface area contributed by atoms with Crippen molar-refractivity contribution in [3.05, 3.63) is 58.6 Å². The number of hydrogen-bond acceptors (Lipinski definition) is 4. The first-order valence-electron chi connectivity index (χ1n) is 10.8. The normalized spacial score (nSPS) is 24.4. The minimum atomic E-state index is -0.729. The number of rotatable bonds is 4. The van der Waals surface area contributed by atoms with Crippen molar-refractivity contribution in [2.75, 3.05) is 0 Å². The van der Waals surface area contributed by atoms with Crippen molar-refractivity contribution < 1.29 is 19.8 Å². The first kappa shape index (κ1) is 20.9. The second-order valence-electron chi connectivity index (χ2n) is 9.03. The Morgan fingerprint density at radius 3 is 2.25 bits per heavy atom. The molecule has 0 saturated heterocycles. The van der Waals surface area contributed by atoms with Crippen molar-refractivity contribution in [1.82, 2.24) is 10.3 Å². The fourth-order valence-electron chi connectivity index (χ4n) is 5.25. The van der Waals surface area contributed by atoms with Gasteiger partial charge in [-0.1, -0.05) is 46.3 Å². The van der Waals surface area contributed by atoms with Crippen LogP contribution in [0.3, 0.4) is 0 Å². The van der Waals surface area contributed by atoms with Gasteiger partial charge >= 0.3 is 5.97 Å². The van der Waals surface area contributed by atoms with Crippen LogP contribution in [-0.4, -0.2) is 32.6 Å². The number of nitrogens with zero attached hydrogens (tertiary/aromatic N) is 1. The number of carboxylic acid groups (broad SMARTS) is 1. The molecule has 3 N–H and O–H groups in total. The summed E-state index contributed by atoms with van der Waals surface area (Å²) in [4.78, 5) is 30.0. The Balaban J connectivity index is 1.56. The zero-order chi connectivity index (χ0) is 22.5. The molecule has 0 spiro atoms. The molecule has 0 unspecified atom stereocenters. The SMILES string of the molecule is O=C(NC12CCC(C(=O)O)(CC1)CC2)c1c(O)c(-c2ccccc2)nc2ccc(Br)cc12. The number of benzene rings is 2. The van der Waals surface area contributed by atoms with Gasteiger partial charge in [-0.05, 0) is 56.7 Å². The minimum absolute atomic E-state index is 0.151. The van der Waals surface area contributed by atoms with Gasteiger partial charge in [-0.25, -0.2) is 4.98 Å². The van der Waals surface area contributed by atoms with Crippen LogP contribution in [0.5, 0.6) is 5.75 Å². The Morgan fingerprint density at radius 2 is 1.62 bits per heavy atom. The lowest BCUT2D eigenvalue weighted by atomic mass is 9.57. The van der Waals surface area contributed by atoms with E-state index in [-0.39, 0.29) is 17.2 Å². The van der Waals surface area contributed by atoms with Gasteiger partial charge in [0.25, 0.3) is 5.91 Å². The van der Waals surface area contributed by atoms with Crippen molar-refractivity contribution in [2.24, 2.45) is 5.41 Å². The van der Waals surface area contributed by atoms with Gasteiger partial charge in [0.15, 0.2) is 5.75 Å². The Bertz CT molecular complexity index is 1220. The second-order valence-corrected chi connectivity index (χ2v) is 9.95. The van der Waals surface area contributed by atoms with Crippen molar-refractivity contribution in [3.8, 4) is 17.0 Å². The van der Waals surface area contributed by atoms with E-state index in [0.717, 1.165) is 10.0 Å². The van der Waals surface area contributed by atoms with E-state index in [0.29, 0.717) is 55.1 Å². The number of hydrogen-bond donors (Lipinski definition) is 3. The summed E-state index contributed by atoms with van der Waals surface area (Å²) in [6, 6.07) is 14.8. The molecule has 2 bridgehead atoms. The molecule has 2 aromatic carbocycles. The molecule has 0 aliphatic heterocycles. The number of halogens is 1. The Kier molecular flexibility index (Phi) is 4.97. The van der Waals surface area contributed by atoms with Crippen LogP contribution >= 0.6 is 15.9 Å². The lowest BCUT2D eigenvalue weighted by Crippen LogP contribution is -2.58. The van der Waals surface area contributed by atoms with E-state index in [1.54, 1.807) is 6.07 Å². The standard InChI is InChI=1S/C25H23BrN2O4/c26-16-6-7-18-17(14-16)19(21(29)20(27-18)15-4-2-1-3-5-15)22(30)28-25-11-8-24(9-12-25,10-13-25)23(31)32/h1-7,14,29H,8-13H2,(H,28,30)(H,31,32). The maximum absolute atomic E-state index is 13.6. The fourth-order valence-corrected chi connectivity index (χ4v) is 5.61. The van der Waals surface area contributed by atoms with E-state index in [9.17, 15) is 19.8 Å². The van der Waals surface area contributed by atoms with Crippen LogP contribution in [0.15, 0.2) is 53.0 Å². The van der Waals surface area contributed by atoms with Gasteiger partial charge in [0, 0.05) is 21.0 Å². The molecule has 1 heterocycles. The summed E-state index contributed by atoms with van der Waals surface area (Å²) >= 11 is 3.46. The third-order valence-electron chi connectivity index (χ3n) is 7.27. The molecule has 32 heavy (non-hydrogen) atoms. The van der Waals surface area contributed by atoms with Gasteiger partial charge in [-0.3, -0.25) is 9.59 Å². The quantitative estimate of drug-likeness (QED) is 0.458. The smallest absolute Gasteiger partial charge is 0.309 e. The summed E-state index contributed by atoms with van der Waals surface area (Å²) in [6.07, 6.45) is 3.57. The number of carbonyl (C=O) groups excluding carboxylic acids is 1. The van der Waals surface area contributed by atoms with Crippen LogP contribution in [-0.2, 0) is 4.79 Å². The maximum atomic E-state index is 13.6. The summed E-state index contributed by atoms with van der Waals surface area (Å²) in [5.74, 6) is -1.23. The monoisotopic (exact) mass is 494 g/mol. The number of nitrogens with one attached hydrogen (secondary N) is 1. The van der Waals surface area contributed by atoms with Gasteiger partial charge < -0.3 is 15.5 Å². The molecule has 3 aromatic rings. The highest BCUT2D eigenvalue weighted by molar-refractivity contribution is 9.10. The average molecular weight is 495 g/mol. The van der Waals surface area contributed by atoms with Crippen LogP contribution in [0, 0.1) is 5.41 Å². The lowest BCUT2D eigenvalue weighted by molar-refractivity contribution is -0.156. The van der Waals surface area contributed by atoms with Gasteiger partial charge in [0.2, 0.25) is 0 Å². The average Bonchev–Trinajstić information content (AvgIpc) is 2.80. The zero-order valence-electron chi connectivity index (χ0n) is 17.4. The maximum Gasteiger partial charge on any atom is 0.309 e. The van der Waals surface area contributed by atoms with Gasteiger partial charge in [-0.2, -0.15) is 0 Å². The molecule has 3 saturated carbocycles. The number of aromatic nitrogens is 1. The number of pyridine rings is 1. The Labute approximate surface area is 193 Å². The number of carboxylic acids is 1. The van der Waals surface area contributed by atoms with E-state index >= 15 is 0 Å². The molecule has 1 aromatic heterocycles. The molecule has 7 heteroatoms. The molecule has 1 amide bonds. The third kappa shape index (κ3) is 3.35. The first-order valence-corrected chi connectivity index (χ1v) is 11.6. The van der Waals surface area contributed by atoms with Gasteiger partial charge in [-0.15, -0.1) is 0 Å². The minimum Gasteiger partial charge on any atom is -0.505 e. The largest absolute Gasteiger partial charge is 0.505 e. The molecular formula is C25H23BrN2O4. The number of aromatic hydroxyl groups is 1. The van der Waals surface area contributed by atoms with E-state index in [2.05, 4.69) is 26.2 Å². The van der Waals surface area contributed by atoms with Crippen LogP contribution in [0.4, 0.5) is 0 Å². The van der Waals surface area contributed by atoms with Gasteiger partial charge in [0.05, 0.1) is 16.5 Å². The van der Waals surface area contributed by atoms with Crippen LogP contribution < -0.4 is 5.32 Å². The predicted molar refractivity (Wildman–Crippen MR) is 125 cm³/mol. The summed E-state index contributed by atoms with van der Waals surface area (Å²) in [5.41, 5.74) is 0.817. The highest BCUT2D eigenvalue weighted by Gasteiger charge is 2.53. The van der Waals surface area contributed by atoms with Crippen molar-refractivity contribution in [2.45, 2.75) is 44.1 Å². The Hall–Kier alpha value is -2.93. The lowest BCUT2D eigenvalue weighted by Gasteiger charge is -2.51. The van der Waals surface area contributed by atoms with Crippen LogP contribution in [0.2, 0.25) is 0 Å². The van der Waals surface area contributed by atoms with Crippen molar-refractivity contribution in [3.63, 3.8) is 0 Å². The third-order valence-corrected chi connectivity index (χ3v) is 7.77. The number of carbonyl (C=O) groups is 2. The summed E-state index contributed by atoms with van der Waals surface area (Å²) in [7, 11) is 0. The van der Waals surface area contributed by atoms with E-state index in [1.165, 1.54) is 0 Å².